The van der Waals surface area contributed by atoms with E-state index in [9.17, 15) is 8.78 Å². The number of nitrogens with zero attached hydrogens (tertiary/aromatic N) is 1. The Bertz CT molecular complexity index is 479. The van der Waals surface area contributed by atoms with Gasteiger partial charge in [0.2, 0.25) is 0 Å². The molecule has 0 heterocycles. The molecule has 0 aliphatic heterocycles. The second-order valence-electron chi connectivity index (χ2n) is 6.59. The zero-order valence-electron chi connectivity index (χ0n) is 16.5. The van der Waals surface area contributed by atoms with Crippen LogP contribution in [-0.4, -0.2) is 25.1 Å². The molecular formula is C19H34ClF2N3. The average molecular weight is 378 g/mol. The Labute approximate surface area is 157 Å². The summed E-state index contributed by atoms with van der Waals surface area (Å²) in [4.78, 5) is 4.49. The minimum absolute atomic E-state index is 0.0866. The molecule has 146 valence electrons. The summed E-state index contributed by atoms with van der Waals surface area (Å²) in [6, 6.07) is 0.271. The van der Waals surface area contributed by atoms with Crippen LogP contribution in [0, 0.1) is 5.92 Å². The Balaban J connectivity index is 4.13. The maximum absolute atomic E-state index is 13.1. The maximum Gasteiger partial charge on any atom is 0.111 e. The third-order valence-corrected chi connectivity index (χ3v) is 4.90. The molecular weight excluding hydrogens is 344 g/mol. The molecule has 0 aliphatic carbocycles. The van der Waals surface area contributed by atoms with Gasteiger partial charge in [0.15, 0.2) is 0 Å². The number of hydrogen-bond donors (Lipinski definition) is 2. The van der Waals surface area contributed by atoms with Crippen LogP contribution in [-0.2, 0) is 0 Å². The number of allylic oxidation sites excluding steroid dienone is 4. The fraction of sp³-hybridized carbons (Fsp3) is 0.737. The molecule has 2 N–H and O–H groups in total. The van der Waals surface area contributed by atoms with Gasteiger partial charge < -0.3 is 5.32 Å². The van der Waals surface area contributed by atoms with Crippen molar-refractivity contribution in [2.24, 2.45) is 10.9 Å². The Morgan fingerprint density at radius 3 is 2.24 bits per heavy atom. The summed E-state index contributed by atoms with van der Waals surface area (Å²) in [7, 11) is 0. The molecule has 0 saturated heterocycles. The highest BCUT2D eigenvalue weighted by Crippen LogP contribution is 2.18. The zero-order chi connectivity index (χ0) is 19.4. The van der Waals surface area contributed by atoms with Gasteiger partial charge >= 0.3 is 0 Å². The van der Waals surface area contributed by atoms with Crippen molar-refractivity contribution >= 4 is 17.3 Å². The summed E-state index contributed by atoms with van der Waals surface area (Å²) in [5.74, 6) is -0.0628. The average Bonchev–Trinajstić information content (AvgIpc) is 2.56. The largest absolute Gasteiger partial charge is 0.302 e. The third kappa shape index (κ3) is 11.4. The summed E-state index contributed by atoms with van der Waals surface area (Å²) >= 11 is 5.82. The molecule has 0 saturated carbocycles. The lowest BCUT2D eigenvalue weighted by atomic mass is 9.95. The molecule has 0 rings (SSSR count). The van der Waals surface area contributed by atoms with Crippen molar-refractivity contribution in [3.63, 3.8) is 0 Å². The van der Waals surface area contributed by atoms with Crippen LogP contribution in [0.15, 0.2) is 27.3 Å². The quantitative estimate of drug-likeness (QED) is 0.255. The summed E-state index contributed by atoms with van der Waals surface area (Å²) in [5.41, 5.74) is 1.83. The van der Waals surface area contributed by atoms with E-state index in [4.69, 9.17) is 11.6 Å². The molecule has 0 aromatic rings. The Hall–Kier alpha value is -0.780. The number of halogens is 3. The van der Waals surface area contributed by atoms with E-state index in [-0.39, 0.29) is 22.7 Å². The molecule has 25 heavy (non-hydrogen) atoms. The van der Waals surface area contributed by atoms with Gasteiger partial charge in [-0.3, -0.25) is 10.3 Å². The topological polar surface area (TPSA) is 36.4 Å². The molecule has 6 heteroatoms. The Morgan fingerprint density at radius 1 is 1.08 bits per heavy atom. The number of hydrogen-bond acceptors (Lipinski definition) is 3. The van der Waals surface area contributed by atoms with Crippen LogP contribution >= 0.6 is 11.6 Å². The molecule has 3 nitrogen and oxygen atoms in total. The highest BCUT2D eigenvalue weighted by atomic mass is 35.5. The van der Waals surface area contributed by atoms with Crippen molar-refractivity contribution in [1.82, 2.24) is 10.6 Å². The summed E-state index contributed by atoms with van der Waals surface area (Å²) in [5, 5.41) is 6.87. The van der Waals surface area contributed by atoms with Crippen molar-refractivity contribution in [2.45, 2.75) is 73.3 Å². The highest BCUT2D eigenvalue weighted by molar-refractivity contribution is 6.29. The van der Waals surface area contributed by atoms with E-state index in [0.717, 1.165) is 24.1 Å². The van der Waals surface area contributed by atoms with Gasteiger partial charge in [0, 0.05) is 23.5 Å². The fourth-order valence-electron chi connectivity index (χ4n) is 2.25. The lowest BCUT2D eigenvalue weighted by Gasteiger charge is -2.22. The van der Waals surface area contributed by atoms with E-state index in [1.165, 1.54) is 13.8 Å². The van der Waals surface area contributed by atoms with E-state index in [1.807, 2.05) is 13.8 Å². The van der Waals surface area contributed by atoms with Gasteiger partial charge in [0.1, 0.15) is 5.83 Å². The second kappa shape index (κ2) is 13.4. The molecule has 2 unspecified atom stereocenters. The lowest BCUT2D eigenvalue weighted by Crippen LogP contribution is -2.39. The monoisotopic (exact) mass is 377 g/mol. The molecule has 0 amide bonds. The van der Waals surface area contributed by atoms with Crippen molar-refractivity contribution in [3.05, 3.63) is 22.3 Å². The van der Waals surface area contributed by atoms with Crippen molar-refractivity contribution in [3.8, 4) is 0 Å². The maximum atomic E-state index is 13.1. The summed E-state index contributed by atoms with van der Waals surface area (Å²) in [6.45, 7) is 12.1. The summed E-state index contributed by atoms with van der Waals surface area (Å²) in [6.07, 6.45) is 2.74. The molecule has 0 fully saturated rings. The molecule has 0 spiro atoms. The van der Waals surface area contributed by atoms with E-state index in [0.29, 0.717) is 32.1 Å². The van der Waals surface area contributed by atoms with Crippen LogP contribution < -0.4 is 10.6 Å². The van der Waals surface area contributed by atoms with Gasteiger partial charge in [-0.2, -0.15) is 0 Å². The standard InChI is InChI=1S/C19H34ClF2N3/c1-7-18(8-9-19(20)16(5)22)25-12-23-11-24-17(6)14(3)10-13(2)15(4)21/h14,17,23-24H,7-12H2,1-6H3. The van der Waals surface area contributed by atoms with Crippen LogP contribution in [0.4, 0.5) is 8.78 Å². The van der Waals surface area contributed by atoms with Gasteiger partial charge in [0.25, 0.3) is 0 Å². The van der Waals surface area contributed by atoms with Crippen LogP contribution in [0.2, 0.25) is 0 Å². The first-order chi connectivity index (χ1) is 11.7. The first-order valence-corrected chi connectivity index (χ1v) is 9.35. The fourth-order valence-corrected chi connectivity index (χ4v) is 2.35. The molecule has 0 aromatic heterocycles. The highest BCUT2D eigenvalue weighted by Gasteiger charge is 2.12. The molecule has 0 aliphatic rings. The minimum atomic E-state index is -0.324. The second-order valence-corrected chi connectivity index (χ2v) is 7.05. The SMILES string of the molecule is CCC(CCC(Cl)=C(C)F)=NCNCNC(C)C(C)CC(C)=C(C)F. The van der Waals surface area contributed by atoms with Gasteiger partial charge in [-0.05, 0) is 64.9 Å². The van der Waals surface area contributed by atoms with Gasteiger partial charge in [-0.15, -0.1) is 0 Å². The van der Waals surface area contributed by atoms with Crippen LogP contribution in [0.5, 0.6) is 0 Å². The lowest BCUT2D eigenvalue weighted by molar-refractivity contribution is 0.382. The third-order valence-electron chi connectivity index (χ3n) is 4.45. The molecule has 0 bridgehead atoms. The van der Waals surface area contributed by atoms with E-state index in [2.05, 4.69) is 29.5 Å². The van der Waals surface area contributed by atoms with E-state index >= 15 is 0 Å². The Kier molecular flexibility index (Phi) is 13.0. The van der Waals surface area contributed by atoms with Crippen molar-refractivity contribution in [1.29, 1.82) is 0 Å². The zero-order valence-corrected chi connectivity index (χ0v) is 17.2. The van der Waals surface area contributed by atoms with Gasteiger partial charge in [0.05, 0.1) is 12.5 Å². The van der Waals surface area contributed by atoms with E-state index < -0.39 is 0 Å². The smallest absolute Gasteiger partial charge is 0.111 e. The van der Waals surface area contributed by atoms with Crippen LogP contribution in [0.25, 0.3) is 0 Å². The number of nitrogens with one attached hydrogen (secondary N) is 2. The van der Waals surface area contributed by atoms with Gasteiger partial charge in [-0.25, -0.2) is 8.78 Å². The van der Waals surface area contributed by atoms with Crippen molar-refractivity contribution < 1.29 is 8.78 Å². The Morgan fingerprint density at radius 2 is 1.72 bits per heavy atom. The molecule has 2 atom stereocenters. The minimum Gasteiger partial charge on any atom is -0.302 e. The predicted molar refractivity (Wildman–Crippen MR) is 105 cm³/mol. The summed E-state index contributed by atoms with van der Waals surface area (Å²) < 4.78 is 26.1. The predicted octanol–water partition coefficient (Wildman–Crippen LogP) is 5.83. The van der Waals surface area contributed by atoms with Crippen LogP contribution in [0.1, 0.15) is 67.2 Å². The first-order valence-electron chi connectivity index (χ1n) is 8.97. The normalized spacial score (nSPS) is 17.1. The van der Waals surface area contributed by atoms with Crippen molar-refractivity contribution in [2.75, 3.05) is 13.3 Å². The van der Waals surface area contributed by atoms with Gasteiger partial charge in [-0.1, -0.05) is 25.4 Å². The molecule has 0 radical (unpaired) electrons. The first kappa shape index (κ1) is 24.2. The molecule has 0 aromatic carbocycles. The van der Waals surface area contributed by atoms with Crippen LogP contribution in [0.3, 0.4) is 0 Å². The van der Waals surface area contributed by atoms with E-state index in [1.54, 1.807) is 0 Å². The number of rotatable bonds is 12. The number of aliphatic imine (C=N–C) groups is 1.